The van der Waals surface area contributed by atoms with Crippen molar-refractivity contribution in [3.8, 4) is 0 Å². The fourth-order valence-corrected chi connectivity index (χ4v) is 3.99. The summed E-state index contributed by atoms with van der Waals surface area (Å²) in [4.78, 5) is 8.33. The van der Waals surface area contributed by atoms with Gasteiger partial charge in [0.25, 0.3) is 0 Å². The minimum atomic E-state index is -3.99. The van der Waals surface area contributed by atoms with Gasteiger partial charge in [-0.25, -0.2) is 13.2 Å². The molecule has 0 aromatic carbocycles. The van der Waals surface area contributed by atoms with Gasteiger partial charge in [-0.05, 0) is 0 Å². The van der Waals surface area contributed by atoms with Crippen LogP contribution in [0.4, 0.5) is 0 Å². The first-order chi connectivity index (χ1) is 4.47. The Morgan fingerprint density at radius 2 is 1.80 bits per heavy atom. The van der Waals surface area contributed by atoms with Crippen LogP contribution in [-0.2, 0) is 17.8 Å². The van der Waals surface area contributed by atoms with Crippen molar-refractivity contribution >= 4 is 15.4 Å². The van der Waals surface area contributed by atoms with E-state index in [0.717, 1.165) is 0 Å². The van der Waals surface area contributed by atoms with Crippen LogP contribution in [0.25, 0.3) is 0 Å². The molecule has 2 N–H and O–H groups in total. The molecule has 0 amide bonds. The van der Waals surface area contributed by atoms with Gasteiger partial charge in [0, 0.05) is 0 Å². The van der Waals surface area contributed by atoms with Crippen molar-refractivity contribution in [3.05, 3.63) is 0 Å². The third-order valence-electron chi connectivity index (χ3n) is 0.829. The van der Waals surface area contributed by atoms with Crippen molar-refractivity contribution in [1.82, 2.24) is 0 Å². The Kier molecular flexibility index (Phi) is 2.02. The first-order valence-electron chi connectivity index (χ1n) is 2.43. The summed E-state index contributed by atoms with van der Waals surface area (Å²) in [5.41, 5.74) is 0. The maximum absolute atomic E-state index is 10.7. The van der Waals surface area contributed by atoms with Gasteiger partial charge in [0.1, 0.15) is 0 Å². The predicted octanol–water partition coefficient (Wildman–Crippen LogP) is 0.319. The lowest BCUT2D eigenvalue weighted by Crippen LogP contribution is -2.09. The molecular weight excluding hydrogens is 182 g/mol. The minimum absolute atomic E-state index is 0.239. The largest absolute Gasteiger partial charge is 0.486 e. The van der Waals surface area contributed by atoms with Gasteiger partial charge < -0.3 is 10.00 Å². The highest BCUT2D eigenvalue weighted by molar-refractivity contribution is 7.77. The number of aliphatic hydroxyl groups excluding tert-OH is 1. The Morgan fingerprint density at radius 1 is 1.30 bits per heavy atom. The van der Waals surface area contributed by atoms with Crippen LogP contribution in [0, 0.1) is 0 Å². The lowest BCUT2D eigenvalue weighted by atomic mass is 10.9. The SMILES string of the molecule is O=P1(O)OP(=O)(CCO)O1. The zero-order valence-electron chi connectivity index (χ0n) is 4.84. The molecule has 1 aliphatic heterocycles. The molecule has 60 valence electrons. The molecule has 1 saturated heterocycles. The van der Waals surface area contributed by atoms with E-state index >= 15 is 0 Å². The summed E-state index contributed by atoms with van der Waals surface area (Å²) in [6.45, 7) is -0.392. The van der Waals surface area contributed by atoms with Crippen LogP contribution in [0.1, 0.15) is 0 Å². The standard InChI is InChI=1S/C2H6O6P2/c3-1-2-9(4)7-10(5,6)8-9/h3H,1-2H2,(H,5,6). The van der Waals surface area contributed by atoms with Gasteiger partial charge in [0.2, 0.25) is 0 Å². The summed E-state index contributed by atoms with van der Waals surface area (Å²) >= 11 is 0. The van der Waals surface area contributed by atoms with E-state index in [1.54, 1.807) is 0 Å². The van der Waals surface area contributed by atoms with Gasteiger partial charge in [-0.3, -0.25) is 4.57 Å². The molecule has 0 atom stereocenters. The Balaban J connectivity index is 2.50. The van der Waals surface area contributed by atoms with Crippen molar-refractivity contribution in [2.75, 3.05) is 12.8 Å². The average molecular weight is 188 g/mol. The van der Waals surface area contributed by atoms with Crippen molar-refractivity contribution in [2.24, 2.45) is 0 Å². The maximum atomic E-state index is 10.7. The summed E-state index contributed by atoms with van der Waals surface area (Å²) in [6.07, 6.45) is -0.239. The Labute approximate surface area is 56.9 Å². The average Bonchev–Trinajstić information content (AvgIpc) is 1.58. The summed E-state index contributed by atoms with van der Waals surface area (Å²) in [6, 6.07) is 0. The summed E-state index contributed by atoms with van der Waals surface area (Å²) < 4.78 is 29.0. The molecule has 0 aromatic heterocycles. The zero-order chi connectivity index (χ0) is 7.83. The summed E-state index contributed by atoms with van der Waals surface area (Å²) in [5.74, 6) is 0. The Hall–Kier alpha value is 0.300. The topological polar surface area (TPSA) is 93.1 Å². The molecule has 0 aromatic rings. The molecule has 0 saturated carbocycles. The summed E-state index contributed by atoms with van der Waals surface area (Å²) in [5, 5.41) is 8.23. The van der Waals surface area contributed by atoms with E-state index in [1.165, 1.54) is 0 Å². The van der Waals surface area contributed by atoms with Crippen LogP contribution in [0.3, 0.4) is 0 Å². The van der Waals surface area contributed by atoms with Gasteiger partial charge in [0.15, 0.2) is 0 Å². The quantitative estimate of drug-likeness (QED) is 0.606. The second kappa shape index (κ2) is 2.41. The van der Waals surface area contributed by atoms with Crippen LogP contribution < -0.4 is 0 Å². The van der Waals surface area contributed by atoms with Gasteiger partial charge in [0.05, 0.1) is 12.8 Å². The molecule has 1 heterocycles. The third-order valence-corrected chi connectivity index (χ3v) is 5.22. The second-order valence-corrected chi connectivity index (χ2v) is 5.60. The Morgan fingerprint density at radius 3 is 2.10 bits per heavy atom. The highest BCUT2D eigenvalue weighted by Crippen LogP contribution is 2.79. The highest BCUT2D eigenvalue weighted by Gasteiger charge is 2.51. The number of hydrogen-bond acceptors (Lipinski definition) is 5. The number of phosphoric acid groups is 1. The minimum Gasteiger partial charge on any atom is -0.396 e. The predicted molar refractivity (Wildman–Crippen MR) is 31.6 cm³/mol. The van der Waals surface area contributed by atoms with E-state index in [9.17, 15) is 9.13 Å². The van der Waals surface area contributed by atoms with Crippen molar-refractivity contribution < 1.29 is 27.8 Å². The van der Waals surface area contributed by atoms with Crippen molar-refractivity contribution in [1.29, 1.82) is 0 Å². The zero-order valence-corrected chi connectivity index (χ0v) is 6.62. The number of hydrogen-bond donors (Lipinski definition) is 2. The van der Waals surface area contributed by atoms with Crippen LogP contribution in [-0.4, -0.2) is 22.8 Å². The lowest BCUT2D eigenvalue weighted by molar-refractivity contribution is 0.203. The summed E-state index contributed by atoms with van der Waals surface area (Å²) in [7, 11) is -7.37. The van der Waals surface area contributed by atoms with Crippen LogP contribution in [0.5, 0.6) is 0 Å². The fraction of sp³-hybridized carbons (Fsp3) is 1.00. The maximum Gasteiger partial charge on any atom is 0.486 e. The molecule has 0 unspecified atom stereocenters. The molecule has 1 fully saturated rings. The molecule has 8 heteroatoms. The van der Waals surface area contributed by atoms with E-state index in [4.69, 9.17) is 10.00 Å². The second-order valence-electron chi connectivity index (χ2n) is 1.69. The van der Waals surface area contributed by atoms with Crippen molar-refractivity contribution in [3.63, 3.8) is 0 Å². The normalized spacial score (nSPS) is 46.6. The molecule has 0 radical (unpaired) electrons. The monoisotopic (exact) mass is 188 g/mol. The van der Waals surface area contributed by atoms with E-state index in [-0.39, 0.29) is 6.16 Å². The van der Waals surface area contributed by atoms with E-state index < -0.39 is 22.0 Å². The smallest absolute Gasteiger partial charge is 0.396 e. The first-order valence-corrected chi connectivity index (χ1v) is 5.65. The highest BCUT2D eigenvalue weighted by atomic mass is 31.3. The molecule has 0 spiro atoms. The third kappa shape index (κ3) is 1.66. The van der Waals surface area contributed by atoms with Crippen LogP contribution >= 0.6 is 15.4 Å². The molecule has 0 bridgehead atoms. The van der Waals surface area contributed by atoms with Gasteiger partial charge in [-0.1, -0.05) is 0 Å². The van der Waals surface area contributed by atoms with Gasteiger partial charge in [-0.15, -0.1) is 0 Å². The van der Waals surface area contributed by atoms with Crippen molar-refractivity contribution in [2.45, 2.75) is 0 Å². The molecule has 10 heavy (non-hydrogen) atoms. The number of rotatable bonds is 2. The molecular formula is C2H6O6P2. The molecule has 6 nitrogen and oxygen atoms in total. The molecule has 0 aliphatic carbocycles. The lowest BCUT2D eigenvalue weighted by Gasteiger charge is -2.28. The van der Waals surface area contributed by atoms with Gasteiger partial charge >= 0.3 is 15.4 Å². The van der Waals surface area contributed by atoms with Crippen LogP contribution in [0.15, 0.2) is 0 Å². The van der Waals surface area contributed by atoms with Gasteiger partial charge in [-0.2, -0.15) is 0 Å². The van der Waals surface area contributed by atoms with E-state index in [2.05, 4.69) is 8.62 Å². The van der Waals surface area contributed by atoms with Crippen LogP contribution in [0.2, 0.25) is 0 Å². The Bertz CT molecular complexity index is 208. The fourth-order valence-electron chi connectivity index (χ4n) is 0.525. The molecule has 1 aliphatic rings. The van der Waals surface area contributed by atoms with E-state index in [0.29, 0.717) is 0 Å². The van der Waals surface area contributed by atoms with E-state index in [1.807, 2.05) is 0 Å². The molecule has 1 rings (SSSR count). The number of aliphatic hydroxyl groups is 1. The first kappa shape index (κ1) is 8.40.